The van der Waals surface area contributed by atoms with Crippen molar-refractivity contribution in [3.05, 3.63) is 89.5 Å². The Balaban J connectivity index is 1.61. The summed E-state index contributed by atoms with van der Waals surface area (Å²) in [5.41, 5.74) is 3.77. The maximum Gasteiger partial charge on any atom is 0.236 e. The molecule has 2 aliphatic rings. The molecule has 2 heterocycles. The number of aryl methyl sites for hydroxylation is 2. The van der Waals surface area contributed by atoms with Crippen molar-refractivity contribution in [2.24, 2.45) is 5.92 Å². The maximum absolute atomic E-state index is 13.8. The molecule has 3 unspecified atom stereocenters. The highest BCUT2D eigenvalue weighted by molar-refractivity contribution is 7.80. The van der Waals surface area contributed by atoms with E-state index in [1.807, 2.05) is 92.4 Å². The van der Waals surface area contributed by atoms with Gasteiger partial charge in [-0.15, -0.1) is 0 Å². The second kappa shape index (κ2) is 7.64. The number of carbonyl (C=O) groups is 1. The molecule has 3 aromatic carbocycles. The molecule has 3 atom stereocenters. The van der Waals surface area contributed by atoms with Gasteiger partial charge in [-0.3, -0.25) is 9.69 Å². The summed E-state index contributed by atoms with van der Waals surface area (Å²) >= 11 is 5.77. The van der Waals surface area contributed by atoms with E-state index in [1.165, 1.54) is 0 Å². The Hall–Kier alpha value is -3.38. The van der Waals surface area contributed by atoms with E-state index in [2.05, 4.69) is 16.7 Å². The molecule has 0 saturated carbocycles. The van der Waals surface area contributed by atoms with Crippen LogP contribution in [0.15, 0.2) is 72.8 Å². The molecule has 0 radical (unpaired) electrons. The Kier molecular flexibility index (Phi) is 4.90. The van der Waals surface area contributed by atoms with Crippen LogP contribution >= 0.6 is 12.2 Å². The molecule has 2 bridgehead atoms. The number of nitrogens with zero attached hydrogens (tertiary/aromatic N) is 1. The second-order valence-electron chi connectivity index (χ2n) is 8.58. The second-order valence-corrected chi connectivity index (χ2v) is 8.96. The van der Waals surface area contributed by atoms with Crippen molar-refractivity contribution in [1.29, 1.82) is 0 Å². The number of hydrogen-bond donors (Lipinski definition) is 2. The van der Waals surface area contributed by atoms with Crippen LogP contribution in [0.25, 0.3) is 0 Å². The number of amides is 1. The van der Waals surface area contributed by atoms with Gasteiger partial charge in [0.05, 0.1) is 6.04 Å². The van der Waals surface area contributed by atoms with Crippen LogP contribution in [0.5, 0.6) is 5.75 Å². The zero-order valence-corrected chi connectivity index (χ0v) is 19.1. The van der Waals surface area contributed by atoms with Crippen molar-refractivity contribution in [3.63, 3.8) is 0 Å². The summed E-state index contributed by atoms with van der Waals surface area (Å²) in [6.07, 6.45) is 0. The lowest BCUT2D eigenvalue weighted by Crippen LogP contribution is -2.72. The van der Waals surface area contributed by atoms with Gasteiger partial charge in [0, 0.05) is 16.9 Å². The van der Waals surface area contributed by atoms with Crippen LogP contribution < -0.4 is 20.3 Å². The van der Waals surface area contributed by atoms with E-state index in [9.17, 15) is 4.79 Å². The van der Waals surface area contributed by atoms with E-state index < -0.39 is 11.6 Å². The van der Waals surface area contributed by atoms with Gasteiger partial charge in [-0.25, -0.2) is 0 Å². The standard InChI is InChI=1S/C26H25N3O2S/c1-16-13-14-20(17(2)15-16)27-24(30)22-23-19-11-7-8-12-21(19)31-26(22,3)29(25(32)28-23)18-9-5-4-6-10-18/h4-15,22-23H,1-3H3,(H,27,30)(H,28,32). The Labute approximate surface area is 193 Å². The highest BCUT2D eigenvalue weighted by Crippen LogP contribution is 2.49. The number of fused-ring (bicyclic) bond motifs is 4. The average molecular weight is 444 g/mol. The number of nitrogens with one attached hydrogen (secondary N) is 2. The number of ether oxygens (including phenoxy) is 1. The average Bonchev–Trinajstić information content (AvgIpc) is 2.75. The van der Waals surface area contributed by atoms with Crippen LogP contribution in [0, 0.1) is 19.8 Å². The lowest BCUT2D eigenvalue weighted by molar-refractivity contribution is -0.130. The molecule has 32 heavy (non-hydrogen) atoms. The molecule has 1 amide bonds. The van der Waals surface area contributed by atoms with E-state index in [1.54, 1.807) is 0 Å². The molecule has 0 aliphatic carbocycles. The molecule has 0 aromatic heterocycles. The molecule has 3 aromatic rings. The number of hydrogen-bond acceptors (Lipinski definition) is 3. The van der Waals surface area contributed by atoms with Crippen LogP contribution in [0.1, 0.15) is 29.7 Å². The Morgan fingerprint density at radius 1 is 1.06 bits per heavy atom. The maximum atomic E-state index is 13.8. The number of para-hydroxylation sites is 2. The smallest absolute Gasteiger partial charge is 0.236 e. The number of anilines is 2. The predicted octanol–water partition coefficient (Wildman–Crippen LogP) is 5.10. The van der Waals surface area contributed by atoms with Gasteiger partial charge in [-0.05, 0) is 62.8 Å². The fourth-order valence-electron chi connectivity index (χ4n) is 4.86. The summed E-state index contributed by atoms with van der Waals surface area (Å²) in [5.74, 6) is 0.0893. The Morgan fingerprint density at radius 2 is 1.78 bits per heavy atom. The summed E-state index contributed by atoms with van der Waals surface area (Å²) in [6.45, 7) is 5.99. The van der Waals surface area contributed by atoms with Crippen molar-refractivity contribution in [3.8, 4) is 5.75 Å². The first-order valence-electron chi connectivity index (χ1n) is 10.7. The molecule has 6 heteroatoms. The van der Waals surface area contributed by atoms with Gasteiger partial charge >= 0.3 is 0 Å². The predicted molar refractivity (Wildman–Crippen MR) is 131 cm³/mol. The minimum absolute atomic E-state index is 0.116. The third-order valence-electron chi connectivity index (χ3n) is 6.34. The number of carbonyl (C=O) groups excluding carboxylic acids is 1. The van der Waals surface area contributed by atoms with Crippen molar-refractivity contribution in [1.82, 2.24) is 5.32 Å². The van der Waals surface area contributed by atoms with Gasteiger partial charge in [0.2, 0.25) is 5.91 Å². The monoisotopic (exact) mass is 443 g/mol. The SMILES string of the molecule is Cc1ccc(NC(=O)C2C3NC(=S)N(c4ccccc4)C2(C)Oc2ccccc23)c(C)c1. The third kappa shape index (κ3) is 3.22. The molecule has 5 nitrogen and oxygen atoms in total. The van der Waals surface area contributed by atoms with Crippen molar-refractivity contribution in [2.45, 2.75) is 32.5 Å². The van der Waals surface area contributed by atoms with Crippen LogP contribution in [0.2, 0.25) is 0 Å². The normalized spacial score (nSPS) is 23.6. The molecule has 0 spiro atoms. The van der Waals surface area contributed by atoms with Gasteiger partial charge in [0.15, 0.2) is 10.8 Å². The Morgan fingerprint density at radius 3 is 2.53 bits per heavy atom. The fourth-order valence-corrected chi connectivity index (χ4v) is 5.27. The quantitative estimate of drug-likeness (QED) is 0.552. The molecule has 2 aliphatic heterocycles. The van der Waals surface area contributed by atoms with E-state index in [0.717, 1.165) is 33.8 Å². The highest BCUT2D eigenvalue weighted by Gasteiger charge is 2.59. The fraction of sp³-hybridized carbons (Fsp3) is 0.231. The zero-order valence-electron chi connectivity index (χ0n) is 18.3. The number of thiocarbonyl (C=S) groups is 1. The lowest BCUT2D eigenvalue weighted by Gasteiger charge is -2.56. The van der Waals surface area contributed by atoms with Gasteiger partial charge in [0.25, 0.3) is 0 Å². The molecule has 1 saturated heterocycles. The first-order valence-corrected chi connectivity index (χ1v) is 11.1. The molecule has 1 fully saturated rings. The van der Waals surface area contributed by atoms with Crippen LogP contribution in [-0.2, 0) is 4.79 Å². The molecule has 162 valence electrons. The summed E-state index contributed by atoms with van der Waals surface area (Å²) in [6, 6.07) is 23.4. The number of rotatable bonds is 3. The highest BCUT2D eigenvalue weighted by atomic mass is 32.1. The Bertz CT molecular complexity index is 1210. The number of benzene rings is 3. The zero-order chi connectivity index (χ0) is 22.5. The summed E-state index contributed by atoms with van der Waals surface area (Å²) < 4.78 is 6.59. The van der Waals surface area contributed by atoms with E-state index in [-0.39, 0.29) is 11.9 Å². The summed E-state index contributed by atoms with van der Waals surface area (Å²) in [5, 5.41) is 7.12. The van der Waals surface area contributed by atoms with Gasteiger partial charge in [-0.2, -0.15) is 0 Å². The van der Waals surface area contributed by atoms with E-state index in [0.29, 0.717) is 5.11 Å². The minimum atomic E-state index is -1.01. The van der Waals surface area contributed by atoms with Crippen molar-refractivity contribution in [2.75, 3.05) is 10.2 Å². The van der Waals surface area contributed by atoms with Crippen LogP contribution in [-0.4, -0.2) is 16.7 Å². The minimum Gasteiger partial charge on any atom is -0.467 e. The summed E-state index contributed by atoms with van der Waals surface area (Å²) in [7, 11) is 0. The van der Waals surface area contributed by atoms with Gasteiger partial charge in [0.1, 0.15) is 11.7 Å². The first kappa shape index (κ1) is 20.5. The lowest BCUT2D eigenvalue weighted by atomic mass is 9.78. The van der Waals surface area contributed by atoms with E-state index in [4.69, 9.17) is 17.0 Å². The largest absolute Gasteiger partial charge is 0.467 e. The molecule has 5 rings (SSSR count). The van der Waals surface area contributed by atoms with Crippen LogP contribution in [0.3, 0.4) is 0 Å². The van der Waals surface area contributed by atoms with Crippen molar-refractivity contribution >= 4 is 34.6 Å². The van der Waals surface area contributed by atoms with Gasteiger partial charge < -0.3 is 15.4 Å². The first-order chi connectivity index (χ1) is 15.4. The molecular weight excluding hydrogens is 418 g/mol. The van der Waals surface area contributed by atoms with Crippen molar-refractivity contribution < 1.29 is 9.53 Å². The third-order valence-corrected chi connectivity index (χ3v) is 6.64. The molecular formula is C26H25N3O2S. The van der Waals surface area contributed by atoms with Crippen LogP contribution in [0.4, 0.5) is 11.4 Å². The topological polar surface area (TPSA) is 53.6 Å². The van der Waals surface area contributed by atoms with Gasteiger partial charge in [-0.1, -0.05) is 54.1 Å². The molecule has 2 N–H and O–H groups in total. The summed E-state index contributed by atoms with van der Waals surface area (Å²) in [4.78, 5) is 15.7. The van der Waals surface area contributed by atoms with E-state index >= 15 is 0 Å².